The maximum Gasteiger partial charge on any atom is 0.270 e. The van der Waals surface area contributed by atoms with Crippen molar-refractivity contribution >= 4 is 35.0 Å². The second kappa shape index (κ2) is 8.52. The molecule has 2 saturated heterocycles. The largest absolute Gasteiger partial charge is 0.486 e. The summed E-state index contributed by atoms with van der Waals surface area (Å²) in [6.07, 6.45) is 3.61. The third kappa shape index (κ3) is 3.37. The highest BCUT2D eigenvalue weighted by Gasteiger charge is 2.64. The van der Waals surface area contributed by atoms with Crippen molar-refractivity contribution in [3.63, 3.8) is 0 Å². The lowest BCUT2D eigenvalue weighted by Crippen LogP contribution is -2.44. The molecular formula is C29H21N3O7. The van der Waals surface area contributed by atoms with Gasteiger partial charge in [0.05, 0.1) is 28.5 Å². The fraction of sp³-hybridized carbons (Fsp3) is 0.207. The maximum atomic E-state index is 14.1. The van der Waals surface area contributed by atoms with Gasteiger partial charge in [-0.2, -0.15) is 0 Å². The molecule has 4 aliphatic heterocycles. The lowest BCUT2D eigenvalue weighted by atomic mass is 9.83. The zero-order chi connectivity index (χ0) is 26.8. The van der Waals surface area contributed by atoms with Crippen LogP contribution in [0.25, 0.3) is 6.08 Å². The van der Waals surface area contributed by atoms with Gasteiger partial charge < -0.3 is 14.4 Å². The van der Waals surface area contributed by atoms with Crippen molar-refractivity contribution in [1.29, 1.82) is 0 Å². The Kier molecular flexibility index (Phi) is 5.06. The molecule has 7 rings (SSSR count). The number of non-ortho nitro benzene ring substituents is 1. The molecule has 0 aliphatic carbocycles. The van der Waals surface area contributed by atoms with Gasteiger partial charge in [0.1, 0.15) is 19.3 Å². The number of hydrogen-bond donors (Lipinski definition) is 0. The summed E-state index contributed by atoms with van der Waals surface area (Å²) in [6.45, 7) is 0.757. The molecule has 4 heterocycles. The van der Waals surface area contributed by atoms with E-state index in [0.717, 1.165) is 16.0 Å². The van der Waals surface area contributed by atoms with E-state index >= 15 is 0 Å². The normalized spacial score (nSPS) is 24.3. The van der Waals surface area contributed by atoms with Crippen molar-refractivity contribution < 1.29 is 28.8 Å². The number of ketones is 1. The van der Waals surface area contributed by atoms with Crippen LogP contribution in [0.15, 0.2) is 72.9 Å². The molecule has 0 spiro atoms. The van der Waals surface area contributed by atoms with Crippen molar-refractivity contribution in [2.45, 2.75) is 12.1 Å². The summed E-state index contributed by atoms with van der Waals surface area (Å²) >= 11 is 0. The van der Waals surface area contributed by atoms with E-state index in [9.17, 15) is 24.5 Å². The van der Waals surface area contributed by atoms with Gasteiger partial charge in [-0.25, -0.2) is 4.90 Å². The minimum atomic E-state index is -1.02. The number of hydrogen-bond acceptors (Lipinski definition) is 8. The molecular weight excluding hydrogens is 502 g/mol. The first-order valence-corrected chi connectivity index (χ1v) is 12.5. The average Bonchev–Trinajstić information content (AvgIpc) is 3.44. The Bertz CT molecular complexity index is 1620. The van der Waals surface area contributed by atoms with E-state index in [0.29, 0.717) is 30.4 Å². The number of ether oxygens (including phenoxy) is 2. The summed E-state index contributed by atoms with van der Waals surface area (Å²) in [5, 5.41) is 11.4. The Balaban J connectivity index is 1.35. The van der Waals surface area contributed by atoms with Gasteiger partial charge in [0.25, 0.3) is 5.69 Å². The monoisotopic (exact) mass is 523 g/mol. The van der Waals surface area contributed by atoms with Crippen LogP contribution in [0.4, 0.5) is 11.4 Å². The summed E-state index contributed by atoms with van der Waals surface area (Å²) in [4.78, 5) is 55.9. The molecule has 0 bridgehead atoms. The summed E-state index contributed by atoms with van der Waals surface area (Å²) < 4.78 is 11.3. The van der Waals surface area contributed by atoms with Crippen molar-refractivity contribution in [3.8, 4) is 11.5 Å². The first-order valence-electron chi connectivity index (χ1n) is 12.5. The number of imide groups is 1. The van der Waals surface area contributed by atoms with E-state index in [-0.39, 0.29) is 11.3 Å². The second-order valence-corrected chi connectivity index (χ2v) is 9.84. The molecule has 0 N–H and O–H groups in total. The van der Waals surface area contributed by atoms with Crippen LogP contribution < -0.4 is 14.4 Å². The number of Topliss-reactive ketones (excluding diaryl/α,β-unsaturated/α-hetero) is 1. The Morgan fingerprint density at radius 2 is 1.67 bits per heavy atom. The van der Waals surface area contributed by atoms with Crippen LogP contribution in [0.2, 0.25) is 0 Å². The molecule has 0 radical (unpaired) electrons. The average molecular weight is 524 g/mol. The van der Waals surface area contributed by atoms with Gasteiger partial charge in [0, 0.05) is 30.0 Å². The van der Waals surface area contributed by atoms with Gasteiger partial charge in [-0.05, 0) is 29.3 Å². The fourth-order valence-electron chi connectivity index (χ4n) is 6.23. The molecule has 39 heavy (non-hydrogen) atoms. The van der Waals surface area contributed by atoms with Crippen LogP contribution >= 0.6 is 0 Å². The van der Waals surface area contributed by atoms with Crippen LogP contribution in [0.5, 0.6) is 11.5 Å². The molecule has 0 saturated carbocycles. The first kappa shape index (κ1) is 23.2. The quantitative estimate of drug-likeness (QED) is 0.219. The minimum Gasteiger partial charge on any atom is -0.486 e. The number of fused-ring (bicyclic) bond motifs is 6. The highest BCUT2D eigenvalue weighted by atomic mass is 16.6. The Labute approximate surface area is 222 Å². The number of nitro groups is 1. The Hall–Kier alpha value is -4.99. The topological polar surface area (TPSA) is 119 Å². The lowest BCUT2D eigenvalue weighted by Gasteiger charge is -2.35. The standard InChI is InChI=1S/C29H21N3O7/c33-27(17-5-3-6-19(14-17)32(36)37)26-24-23(25-20-7-2-1-4-16(20)10-11-30(25)26)28(34)31(29(24)35)18-8-9-21-22(15-18)39-13-12-38-21/h1-11,14-15,23-26H,12-13H2/t23-,24-,25+,26+/m1/s1. The predicted molar refractivity (Wildman–Crippen MR) is 138 cm³/mol. The molecule has 2 fully saturated rings. The summed E-state index contributed by atoms with van der Waals surface area (Å²) in [7, 11) is 0. The SMILES string of the molecule is O=C(c1cccc([N+](=O)[O-])c1)[C@@H]1[C@@H]2C(=O)N(c3ccc4c(c3)OCCO4)C(=O)[C@H]2[C@@H]2c3ccccc3C=CN12. The van der Waals surface area contributed by atoms with E-state index in [1.807, 2.05) is 30.3 Å². The van der Waals surface area contributed by atoms with E-state index in [1.165, 1.54) is 24.3 Å². The van der Waals surface area contributed by atoms with Crippen LogP contribution in [0.1, 0.15) is 27.5 Å². The smallest absolute Gasteiger partial charge is 0.270 e. The molecule has 10 nitrogen and oxygen atoms in total. The van der Waals surface area contributed by atoms with Crippen LogP contribution in [-0.4, -0.2) is 46.7 Å². The third-order valence-electron chi connectivity index (χ3n) is 7.86. The second-order valence-electron chi connectivity index (χ2n) is 9.84. The Morgan fingerprint density at radius 3 is 2.49 bits per heavy atom. The number of nitrogens with zero attached hydrogens (tertiary/aromatic N) is 3. The minimum absolute atomic E-state index is 0.110. The molecule has 3 aromatic rings. The maximum absolute atomic E-state index is 14.1. The van der Waals surface area contributed by atoms with E-state index < -0.39 is 46.4 Å². The van der Waals surface area contributed by atoms with Gasteiger partial charge >= 0.3 is 0 Å². The van der Waals surface area contributed by atoms with Crippen molar-refractivity contribution in [3.05, 3.63) is 99.7 Å². The number of carbonyl (C=O) groups is 3. The van der Waals surface area contributed by atoms with Crippen LogP contribution in [0.3, 0.4) is 0 Å². The molecule has 10 heteroatoms. The molecule has 0 unspecified atom stereocenters. The number of carbonyl (C=O) groups excluding carboxylic acids is 3. The molecule has 4 atom stereocenters. The number of benzene rings is 3. The zero-order valence-electron chi connectivity index (χ0n) is 20.4. The van der Waals surface area contributed by atoms with E-state index in [4.69, 9.17) is 9.47 Å². The number of nitro benzene ring substituents is 1. The zero-order valence-corrected chi connectivity index (χ0v) is 20.4. The van der Waals surface area contributed by atoms with Gasteiger partial charge in [0.15, 0.2) is 17.3 Å². The van der Waals surface area contributed by atoms with Crippen molar-refractivity contribution in [2.24, 2.45) is 11.8 Å². The summed E-state index contributed by atoms with van der Waals surface area (Å²) in [5.41, 5.74) is 1.97. The highest BCUT2D eigenvalue weighted by molar-refractivity contribution is 6.24. The summed E-state index contributed by atoms with van der Waals surface area (Å²) in [5.74, 6) is -2.20. The molecule has 194 valence electrons. The molecule has 4 aliphatic rings. The number of amides is 2. The van der Waals surface area contributed by atoms with Crippen LogP contribution in [-0.2, 0) is 9.59 Å². The highest BCUT2D eigenvalue weighted by Crippen LogP contribution is 2.54. The number of rotatable bonds is 4. The third-order valence-corrected chi connectivity index (χ3v) is 7.86. The van der Waals surface area contributed by atoms with E-state index in [1.54, 1.807) is 29.3 Å². The molecule has 0 aromatic heterocycles. The lowest BCUT2D eigenvalue weighted by molar-refractivity contribution is -0.384. The molecule has 3 aromatic carbocycles. The molecule has 2 amide bonds. The Morgan fingerprint density at radius 1 is 0.897 bits per heavy atom. The number of anilines is 1. The predicted octanol–water partition coefficient (Wildman–Crippen LogP) is 3.76. The van der Waals surface area contributed by atoms with E-state index in [2.05, 4.69) is 0 Å². The van der Waals surface area contributed by atoms with Gasteiger partial charge in [0.2, 0.25) is 11.8 Å². The van der Waals surface area contributed by atoms with Gasteiger partial charge in [-0.3, -0.25) is 24.5 Å². The first-order chi connectivity index (χ1) is 18.9. The van der Waals surface area contributed by atoms with Gasteiger partial charge in [-0.1, -0.05) is 36.4 Å². The van der Waals surface area contributed by atoms with Gasteiger partial charge in [-0.15, -0.1) is 0 Å². The van der Waals surface area contributed by atoms with Crippen molar-refractivity contribution in [2.75, 3.05) is 18.1 Å². The van der Waals surface area contributed by atoms with Crippen LogP contribution in [0, 0.1) is 22.0 Å². The summed E-state index contributed by atoms with van der Waals surface area (Å²) in [6, 6.07) is 16.4. The fourth-order valence-corrected chi connectivity index (χ4v) is 6.23. The van der Waals surface area contributed by atoms with Crippen molar-refractivity contribution in [1.82, 2.24) is 4.90 Å².